The number of rotatable bonds is 5. The van der Waals surface area contributed by atoms with E-state index in [4.69, 9.17) is 6.42 Å². The van der Waals surface area contributed by atoms with Gasteiger partial charge < -0.3 is 5.32 Å². The monoisotopic (exact) mass is 239 g/mol. The summed E-state index contributed by atoms with van der Waals surface area (Å²) in [6.45, 7) is 5.91. The lowest BCUT2D eigenvalue weighted by Crippen LogP contribution is -2.30. The Morgan fingerprint density at radius 3 is 2.94 bits per heavy atom. The Bertz CT molecular complexity index is 229. The van der Waals surface area contributed by atoms with E-state index >= 15 is 0 Å². The molecule has 0 bridgehead atoms. The van der Waals surface area contributed by atoms with Crippen LogP contribution in [0.4, 0.5) is 0 Å². The zero-order valence-electron chi connectivity index (χ0n) is 10.7. The van der Waals surface area contributed by atoms with E-state index in [9.17, 15) is 0 Å². The fourth-order valence-electron chi connectivity index (χ4n) is 2.33. The number of terminal acetylenes is 1. The van der Waals surface area contributed by atoms with Gasteiger partial charge in [-0.15, -0.1) is 18.2 Å². The predicted molar refractivity (Wildman–Crippen MR) is 74.8 cm³/mol. The van der Waals surface area contributed by atoms with Gasteiger partial charge in [-0.3, -0.25) is 0 Å². The van der Waals surface area contributed by atoms with Crippen LogP contribution < -0.4 is 5.32 Å². The van der Waals surface area contributed by atoms with Gasteiger partial charge in [0.2, 0.25) is 0 Å². The van der Waals surface area contributed by atoms with Crippen molar-refractivity contribution in [1.82, 2.24) is 5.32 Å². The number of thioether (sulfide) groups is 1. The van der Waals surface area contributed by atoms with Gasteiger partial charge in [0.05, 0.1) is 5.75 Å². The van der Waals surface area contributed by atoms with Crippen LogP contribution >= 0.6 is 11.8 Å². The first kappa shape index (κ1) is 13.9. The maximum atomic E-state index is 5.21. The molecule has 0 aromatic rings. The van der Waals surface area contributed by atoms with Crippen LogP contribution in [0.5, 0.6) is 0 Å². The number of hydrogen-bond acceptors (Lipinski definition) is 2. The van der Waals surface area contributed by atoms with E-state index in [0.29, 0.717) is 5.41 Å². The zero-order chi connectivity index (χ0) is 11.9. The Morgan fingerprint density at radius 2 is 2.19 bits per heavy atom. The highest BCUT2D eigenvalue weighted by Crippen LogP contribution is 2.33. The summed E-state index contributed by atoms with van der Waals surface area (Å²) >= 11 is 1.85. The fraction of sp³-hybridized carbons (Fsp3) is 0.857. The third kappa shape index (κ3) is 5.82. The topological polar surface area (TPSA) is 12.0 Å². The minimum Gasteiger partial charge on any atom is -0.313 e. The van der Waals surface area contributed by atoms with Gasteiger partial charge in [-0.1, -0.05) is 26.2 Å². The lowest BCUT2D eigenvalue weighted by atomic mass is 9.85. The van der Waals surface area contributed by atoms with Crippen molar-refractivity contribution in [3.8, 4) is 12.3 Å². The quantitative estimate of drug-likeness (QED) is 0.449. The van der Waals surface area contributed by atoms with Crippen LogP contribution in [0.3, 0.4) is 0 Å². The summed E-state index contributed by atoms with van der Waals surface area (Å²) < 4.78 is 0. The third-order valence-corrected chi connectivity index (χ3v) is 4.30. The first-order valence-corrected chi connectivity index (χ1v) is 7.54. The van der Waals surface area contributed by atoms with Crippen molar-refractivity contribution in [3.63, 3.8) is 0 Å². The maximum Gasteiger partial charge on any atom is 0.0545 e. The number of hydrogen-bond donors (Lipinski definition) is 1. The highest BCUT2D eigenvalue weighted by Gasteiger charge is 2.23. The molecule has 0 spiro atoms. The van der Waals surface area contributed by atoms with Crippen molar-refractivity contribution < 1.29 is 0 Å². The van der Waals surface area contributed by atoms with Crippen LogP contribution in [0.25, 0.3) is 0 Å². The Morgan fingerprint density at radius 1 is 1.38 bits per heavy atom. The molecule has 1 atom stereocenters. The van der Waals surface area contributed by atoms with Crippen LogP contribution in [0, 0.1) is 17.8 Å². The molecular formula is C14H25NS. The Hall–Kier alpha value is -0.130. The van der Waals surface area contributed by atoms with E-state index in [1.54, 1.807) is 0 Å². The second kappa shape index (κ2) is 7.25. The molecule has 0 heterocycles. The van der Waals surface area contributed by atoms with Gasteiger partial charge >= 0.3 is 0 Å². The van der Waals surface area contributed by atoms with E-state index in [1.165, 1.54) is 32.1 Å². The van der Waals surface area contributed by atoms with Crippen molar-refractivity contribution in [1.29, 1.82) is 0 Å². The summed E-state index contributed by atoms with van der Waals surface area (Å²) in [5, 5.41) is 3.67. The summed E-state index contributed by atoms with van der Waals surface area (Å²) in [6.07, 6.45) is 12.0. The molecule has 1 aliphatic rings. The molecule has 0 saturated heterocycles. The predicted octanol–water partition coefficient (Wildman–Crippen LogP) is 3.30. The summed E-state index contributed by atoms with van der Waals surface area (Å²) in [4.78, 5) is 0. The minimum absolute atomic E-state index is 0.564. The molecular weight excluding hydrogens is 214 g/mol. The van der Waals surface area contributed by atoms with Crippen molar-refractivity contribution in [2.75, 3.05) is 18.1 Å². The van der Waals surface area contributed by atoms with Gasteiger partial charge in [-0.25, -0.2) is 0 Å². The summed E-state index contributed by atoms with van der Waals surface area (Å²) in [5.41, 5.74) is 0.564. The average molecular weight is 239 g/mol. The molecule has 0 amide bonds. The molecule has 1 aliphatic carbocycles. The van der Waals surface area contributed by atoms with Gasteiger partial charge in [0.25, 0.3) is 0 Å². The maximum absolute atomic E-state index is 5.21. The van der Waals surface area contributed by atoms with Gasteiger partial charge in [0.15, 0.2) is 0 Å². The van der Waals surface area contributed by atoms with E-state index in [1.807, 2.05) is 11.8 Å². The smallest absolute Gasteiger partial charge is 0.0545 e. The zero-order valence-corrected chi connectivity index (χ0v) is 11.5. The summed E-state index contributed by atoms with van der Waals surface area (Å²) in [7, 11) is 0. The molecule has 16 heavy (non-hydrogen) atoms. The number of nitrogens with one attached hydrogen (secondary N) is 1. The van der Waals surface area contributed by atoms with Crippen molar-refractivity contribution in [2.24, 2.45) is 5.41 Å². The molecule has 1 saturated carbocycles. The van der Waals surface area contributed by atoms with Crippen LogP contribution in [-0.2, 0) is 0 Å². The van der Waals surface area contributed by atoms with Crippen molar-refractivity contribution in [2.45, 2.75) is 52.0 Å². The van der Waals surface area contributed by atoms with Crippen molar-refractivity contribution in [3.05, 3.63) is 0 Å². The summed E-state index contributed by atoms with van der Waals surface area (Å²) in [5.74, 6) is 4.65. The van der Waals surface area contributed by atoms with Crippen LogP contribution in [0.2, 0.25) is 0 Å². The fourth-order valence-corrected chi connectivity index (χ4v) is 2.86. The molecule has 1 fully saturated rings. The van der Waals surface area contributed by atoms with Gasteiger partial charge in [0.1, 0.15) is 0 Å². The van der Waals surface area contributed by atoms with Gasteiger partial charge in [-0.2, -0.15) is 0 Å². The van der Waals surface area contributed by atoms with E-state index in [-0.39, 0.29) is 0 Å². The second-order valence-electron chi connectivity index (χ2n) is 5.50. The molecule has 1 rings (SSSR count). The lowest BCUT2D eigenvalue weighted by Gasteiger charge is -2.22. The average Bonchev–Trinajstić information content (AvgIpc) is 2.40. The Labute approximate surface area is 105 Å². The Balaban J connectivity index is 2.11. The highest BCUT2D eigenvalue weighted by molar-refractivity contribution is 7.99. The normalized spacial score (nSPS) is 24.7. The lowest BCUT2D eigenvalue weighted by molar-refractivity contribution is 0.310. The van der Waals surface area contributed by atoms with Crippen LogP contribution in [-0.4, -0.2) is 24.1 Å². The molecule has 1 unspecified atom stereocenters. The first-order valence-electron chi connectivity index (χ1n) is 6.39. The molecule has 1 N–H and O–H groups in total. The third-order valence-electron chi connectivity index (χ3n) is 3.44. The van der Waals surface area contributed by atoms with E-state index in [0.717, 1.165) is 24.1 Å². The highest BCUT2D eigenvalue weighted by atomic mass is 32.2. The summed E-state index contributed by atoms with van der Waals surface area (Å²) in [6, 6.07) is 0.744. The van der Waals surface area contributed by atoms with Crippen LogP contribution in [0.15, 0.2) is 0 Å². The Kier molecular flexibility index (Phi) is 6.31. The largest absolute Gasteiger partial charge is 0.313 e. The molecule has 1 nitrogen and oxygen atoms in total. The SMILES string of the molecule is C#CCSCCNC1CCCC(C)(C)CC1. The first-order chi connectivity index (χ1) is 7.64. The molecule has 92 valence electrons. The standard InChI is InChI=1S/C14H25NS/c1-4-11-16-12-10-15-13-6-5-8-14(2,3)9-7-13/h1,13,15H,5-12H2,2-3H3. The van der Waals surface area contributed by atoms with Crippen LogP contribution in [0.1, 0.15) is 46.0 Å². The second-order valence-corrected chi connectivity index (χ2v) is 6.61. The minimum atomic E-state index is 0.564. The van der Waals surface area contributed by atoms with E-state index in [2.05, 4.69) is 25.1 Å². The van der Waals surface area contributed by atoms with Gasteiger partial charge in [-0.05, 0) is 31.1 Å². The molecule has 0 aliphatic heterocycles. The molecule has 0 aromatic carbocycles. The molecule has 0 radical (unpaired) electrons. The van der Waals surface area contributed by atoms with E-state index < -0.39 is 0 Å². The van der Waals surface area contributed by atoms with Crippen molar-refractivity contribution >= 4 is 11.8 Å². The molecule has 0 aromatic heterocycles. The van der Waals surface area contributed by atoms with Gasteiger partial charge in [0, 0.05) is 18.3 Å². The molecule has 2 heteroatoms.